The number of hydrogen-bond acceptors (Lipinski definition) is 8. The van der Waals surface area contributed by atoms with Crippen molar-refractivity contribution in [1.82, 2.24) is 0 Å². The fourth-order valence-corrected chi connectivity index (χ4v) is 7.31. The van der Waals surface area contributed by atoms with E-state index in [4.69, 9.17) is 9.47 Å². The number of alkyl halides is 1. The molecule has 0 aliphatic heterocycles. The third-order valence-corrected chi connectivity index (χ3v) is 8.98. The van der Waals surface area contributed by atoms with E-state index < -0.39 is 70.5 Å². The van der Waals surface area contributed by atoms with E-state index >= 15 is 4.39 Å². The quantitative estimate of drug-likeness (QED) is 0.586. The summed E-state index contributed by atoms with van der Waals surface area (Å²) in [6, 6.07) is 0. The summed E-state index contributed by atoms with van der Waals surface area (Å²) in [5, 5.41) is 23.1. The van der Waals surface area contributed by atoms with Crippen molar-refractivity contribution in [2.24, 2.45) is 22.7 Å². The molecule has 3 saturated carbocycles. The lowest BCUT2D eigenvalue weighted by atomic mass is 9.44. The van der Waals surface area contributed by atoms with Crippen LogP contribution in [0, 0.1) is 22.7 Å². The maximum absolute atomic E-state index is 17.2. The molecule has 0 radical (unpaired) electrons. The van der Waals surface area contributed by atoms with Gasteiger partial charge in [0, 0.05) is 30.6 Å². The molecule has 0 saturated heterocycles. The van der Waals surface area contributed by atoms with Crippen molar-refractivity contribution in [2.75, 3.05) is 6.61 Å². The predicted octanol–water partition coefficient (Wildman–Crippen LogP) is 1.76. The van der Waals surface area contributed by atoms with Gasteiger partial charge >= 0.3 is 11.9 Å². The summed E-state index contributed by atoms with van der Waals surface area (Å²) >= 11 is 0. The van der Waals surface area contributed by atoms with Crippen LogP contribution in [0.1, 0.15) is 53.4 Å². The molecule has 3 fully saturated rings. The molecule has 0 aromatic rings. The first-order valence-corrected chi connectivity index (χ1v) is 11.6. The van der Waals surface area contributed by atoms with E-state index in [-0.39, 0.29) is 25.0 Å². The Labute approximate surface area is 197 Å². The van der Waals surface area contributed by atoms with Gasteiger partial charge < -0.3 is 19.7 Å². The molecule has 0 aromatic carbocycles. The molecular formula is C25H31FO8. The Balaban J connectivity index is 1.80. The Morgan fingerprint density at radius 3 is 2.47 bits per heavy atom. The number of esters is 2. The molecule has 4 aliphatic rings. The Kier molecular flexibility index (Phi) is 5.68. The first-order valence-electron chi connectivity index (χ1n) is 11.6. The number of hydrogen-bond donors (Lipinski definition) is 2. The zero-order valence-electron chi connectivity index (χ0n) is 19.8. The summed E-state index contributed by atoms with van der Waals surface area (Å²) in [4.78, 5) is 48.4. The largest absolute Gasteiger partial charge is 0.459 e. The number of carbonyl (C=O) groups is 4. The van der Waals surface area contributed by atoms with Crippen molar-refractivity contribution in [1.29, 1.82) is 0 Å². The summed E-state index contributed by atoms with van der Waals surface area (Å²) < 4.78 is 27.4. The van der Waals surface area contributed by atoms with Crippen LogP contribution < -0.4 is 0 Å². The van der Waals surface area contributed by atoms with Crippen LogP contribution in [-0.4, -0.2) is 63.8 Å². The van der Waals surface area contributed by atoms with Crippen LogP contribution in [0.5, 0.6) is 0 Å². The lowest BCUT2D eigenvalue weighted by Crippen LogP contribution is -2.70. The average Bonchev–Trinajstić information content (AvgIpc) is 2.95. The molecule has 0 bridgehead atoms. The monoisotopic (exact) mass is 478 g/mol. The molecule has 9 heteroatoms. The lowest BCUT2D eigenvalue weighted by molar-refractivity contribution is -0.224. The van der Waals surface area contributed by atoms with Gasteiger partial charge in [0.1, 0.15) is 6.10 Å². The lowest BCUT2D eigenvalue weighted by Gasteiger charge is -2.62. The standard InChI is InChI=1S/C25H31FO8/c1-13(27)33-12-20(31)25(32)21(34-14(2)28)10-18-17-6-5-15-9-16(29)7-8-22(15,3)24(17,26)19(30)11-23(18,25)4/h7-9,17-19,21,30,32H,5-6,10-12H2,1-4H3/t17-,18-,19+,21-,22+,23+,24+,25-/m1/s1. The predicted molar refractivity (Wildman–Crippen MR) is 116 cm³/mol. The van der Waals surface area contributed by atoms with Crippen LogP contribution in [0.3, 0.4) is 0 Å². The van der Waals surface area contributed by atoms with Crippen molar-refractivity contribution < 1.29 is 43.3 Å². The minimum Gasteiger partial charge on any atom is -0.459 e. The van der Waals surface area contributed by atoms with Crippen molar-refractivity contribution in [3.8, 4) is 0 Å². The molecule has 0 spiro atoms. The van der Waals surface area contributed by atoms with Gasteiger partial charge in [0.05, 0.1) is 6.10 Å². The number of allylic oxidation sites excluding steroid dienone is 4. The molecule has 4 rings (SSSR count). The van der Waals surface area contributed by atoms with Crippen LogP contribution in [0.25, 0.3) is 0 Å². The van der Waals surface area contributed by atoms with Crippen LogP contribution in [0.2, 0.25) is 0 Å². The summed E-state index contributed by atoms with van der Waals surface area (Å²) in [6.07, 6.45) is 1.82. The van der Waals surface area contributed by atoms with E-state index in [2.05, 4.69) is 0 Å². The minimum absolute atomic E-state index is 0.0131. The maximum atomic E-state index is 17.2. The Hall–Kier alpha value is -2.39. The number of aliphatic hydroxyl groups is 2. The number of ketones is 2. The Bertz CT molecular complexity index is 1020. The second-order valence-electron chi connectivity index (χ2n) is 10.6. The third kappa shape index (κ3) is 3.09. The van der Waals surface area contributed by atoms with Gasteiger partial charge in [0.2, 0.25) is 5.78 Å². The molecule has 0 amide bonds. The average molecular weight is 479 g/mol. The fourth-order valence-electron chi connectivity index (χ4n) is 7.31. The van der Waals surface area contributed by atoms with Crippen molar-refractivity contribution in [3.63, 3.8) is 0 Å². The third-order valence-electron chi connectivity index (χ3n) is 8.98. The fraction of sp³-hybridized carbons (Fsp3) is 0.680. The maximum Gasteiger partial charge on any atom is 0.303 e. The summed E-state index contributed by atoms with van der Waals surface area (Å²) in [5.41, 5.74) is -6.42. The number of aliphatic hydroxyl groups excluding tert-OH is 1. The van der Waals surface area contributed by atoms with E-state index in [9.17, 15) is 29.4 Å². The van der Waals surface area contributed by atoms with E-state index in [0.29, 0.717) is 12.0 Å². The van der Waals surface area contributed by atoms with E-state index in [1.807, 2.05) is 0 Å². The molecule has 8 atom stereocenters. The van der Waals surface area contributed by atoms with Crippen LogP contribution in [0.4, 0.5) is 4.39 Å². The highest BCUT2D eigenvalue weighted by atomic mass is 19.1. The SMILES string of the molecule is CC(=O)OCC(=O)[C@@]1(O)[C@H](OC(C)=O)C[C@@H]2[C@H]3CCC4=CC(=O)C=C[C@]4(C)[C@@]3(F)[C@@H](O)C[C@@]21C. The number of rotatable bonds is 4. The second kappa shape index (κ2) is 7.81. The van der Waals surface area contributed by atoms with Gasteiger partial charge in [-0.15, -0.1) is 0 Å². The van der Waals surface area contributed by atoms with Crippen LogP contribution >= 0.6 is 0 Å². The first-order chi connectivity index (χ1) is 15.7. The topological polar surface area (TPSA) is 127 Å². The number of fused-ring (bicyclic) bond motifs is 5. The van der Waals surface area contributed by atoms with E-state index in [1.165, 1.54) is 18.2 Å². The highest BCUT2D eigenvalue weighted by Crippen LogP contribution is 2.70. The first kappa shape index (κ1) is 24.7. The molecule has 4 aliphatic carbocycles. The van der Waals surface area contributed by atoms with Crippen molar-refractivity contribution in [2.45, 2.75) is 76.9 Å². The smallest absolute Gasteiger partial charge is 0.303 e. The summed E-state index contributed by atoms with van der Waals surface area (Å²) in [6.45, 7) is 4.80. The number of carbonyl (C=O) groups excluding carboxylic acids is 4. The molecule has 2 N–H and O–H groups in total. The van der Waals surface area contributed by atoms with Gasteiger partial charge in [-0.2, -0.15) is 0 Å². The van der Waals surface area contributed by atoms with Gasteiger partial charge in [0.15, 0.2) is 23.7 Å². The van der Waals surface area contributed by atoms with Gasteiger partial charge in [-0.25, -0.2) is 4.39 Å². The molecule has 34 heavy (non-hydrogen) atoms. The second-order valence-corrected chi connectivity index (χ2v) is 10.6. The summed E-state index contributed by atoms with van der Waals surface area (Å²) in [7, 11) is 0. The number of Topliss-reactive ketones (excluding diaryl/α,β-unsaturated/α-hetero) is 1. The highest BCUT2D eigenvalue weighted by molar-refractivity contribution is 6.01. The molecule has 0 aromatic heterocycles. The molecule has 0 unspecified atom stereocenters. The van der Waals surface area contributed by atoms with Crippen molar-refractivity contribution in [3.05, 3.63) is 23.8 Å². The molecule has 8 nitrogen and oxygen atoms in total. The van der Waals surface area contributed by atoms with Gasteiger partial charge in [0.25, 0.3) is 0 Å². The zero-order valence-corrected chi connectivity index (χ0v) is 19.8. The minimum atomic E-state index is -2.28. The number of ether oxygens (including phenoxy) is 2. The van der Waals surface area contributed by atoms with Gasteiger partial charge in [-0.05, 0) is 50.7 Å². The normalized spacial score (nSPS) is 44.9. The summed E-state index contributed by atoms with van der Waals surface area (Å²) in [5.74, 6) is -3.93. The number of halogens is 1. The highest BCUT2D eigenvalue weighted by Gasteiger charge is 2.77. The van der Waals surface area contributed by atoms with E-state index in [0.717, 1.165) is 13.8 Å². The van der Waals surface area contributed by atoms with Gasteiger partial charge in [-0.3, -0.25) is 19.2 Å². The van der Waals surface area contributed by atoms with Crippen LogP contribution in [0.15, 0.2) is 23.8 Å². The molecule has 186 valence electrons. The Morgan fingerprint density at radius 2 is 1.85 bits per heavy atom. The van der Waals surface area contributed by atoms with E-state index in [1.54, 1.807) is 13.8 Å². The van der Waals surface area contributed by atoms with Gasteiger partial charge in [-0.1, -0.05) is 18.6 Å². The molecule has 0 heterocycles. The van der Waals surface area contributed by atoms with Crippen molar-refractivity contribution >= 4 is 23.5 Å². The van der Waals surface area contributed by atoms with Crippen LogP contribution in [-0.2, 0) is 28.7 Å². The molecular weight excluding hydrogens is 447 g/mol. The Morgan fingerprint density at radius 1 is 1.18 bits per heavy atom. The zero-order chi connectivity index (χ0) is 25.3.